The van der Waals surface area contributed by atoms with Gasteiger partial charge in [0, 0.05) is 18.2 Å². The fraction of sp³-hybridized carbons (Fsp3) is 0.417. The first-order chi connectivity index (χ1) is 8.99. The van der Waals surface area contributed by atoms with Crippen molar-refractivity contribution in [2.24, 2.45) is 0 Å². The molecule has 0 spiro atoms. The van der Waals surface area contributed by atoms with E-state index in [9.17, 15) is 19.3 Å². The normalized spacial score (nSPS) is 17.4. The summed E-state index contributed by atoms with van der Waals surface area (Å²) in [4.78, 5) is 22.4. The minimum atomic E-state index is -0.656. The molecule has 1 amide bonds. The Morgan fingerprint density at radius 2 is 2.25 bits per heavy atom. The number of hydrogen-bond donors (Lipinski definition) is 2. The van der Waals surface area contributed by atoms with E-state index in [1.54, 1.807) is 0 Å². The summed E-state index contributed by atoms with van der Waals surface area (Å²) < 4.78 is 13.3. The van der Waals surface area contributed by atoms with Crippen LogP contribution >= 0.6 is 12.4 Å². The molecule has 0 aromatic heterocycles. The van der Waals surface area contributed by atoms with Crippen LogP contribution in [0.2, 0.25) is 0 Å². The molecule has 0 aliphatic carbocycles. The van der Waals surface area contributed by atoms with Crippen molar-refractivity contribution >= 4 is 24.0 Å². The largest absolute Gasteiger partial charge is 0.348 e. The fourth-order valence-corrected chi connectivity index (χ4v) is 2.19. The molecule has 8 heteroatoms. The van der Waals surface area contributed by atoms with Crippen molar-refractivity contribution < 1.29 is 14.1 Å². The number of carbonyl (C=O) groups excluding carboxylic acids is 1. The summed E-state index contributed by atoms with van der Waals surface area (Å²) in [6.07, 6.45) is 0.758. The van der Waals surface area contributed by atoms with Crippen molar-refractivity contribution in [1.82, 2.24) is 10.6 Å². The first-order valence-corrected chi connectivity index (χ1v) is 5.95. The fourth-order valence-electron chi connectivity index (χ4n) is 2.19. The molecule has 20 heavy (non-hydrogen) atoms. The van der Waals surface area contributed by atoms with E-state index < -0.39 is 16.6 Å². The van der Waals surface area contributed by atoms with E-state index >= 15 is 0 Å². The molecule has 1 unspecified atom stereocenters. The second kappa shape index (κ2) is 6.62. The van der Waals surface area contributed by atoms with E-state index in [0.29, 0.717) is 6.54 Å². The molecule has 6 nitrogen and oxygen atoms in total. The van der Waals surface area contributed by atoms with Gasteiger partial charge in [0.2, 0.25) is 0 Å². The summed E-state index contributed by atoms with van der Waals surface area (Å²) in [5.74, 6) is -1.26. The lowest BCUT2D eigenvalue weighted by atomic mass is 10.1. The van der Waals surface area contributed by atoms with Gasteiger partial charge in [-0.25, -0.2) is 4.39 Å². The average Bonchev–Trinajstić information content (AvgIpc) is 2.79. The number of nitro groups is 1. The van der Waals surface area contributed by atoms with Gasteiger partial charge < -0.3 is 10.6 Å². The van der Waals surface area contributed by atoms with E-state index in [-0.39, 0.29) is 35.3 Å². The molecule has 1 fully saturated rings. The summed E-state index contributed by atoms with van der Waals surface area (Å²) in [6.45, 7) is 2.82. The zero-order valence-corrected chi connectivity index (χ0v) is 11.6. The highest BCUT2D eigenvalue weighted by Gasteiger charge is 2.26. The van der Waals surface area contributed by atoms with Gasteiger partial charge in [0.05, 0.1) is 4.92 Å². The molecule has 1 aliphatic rings. The third-order valence-corrected chi connectivity index (χ3v) is 3.09. The SMILES string of the molecule is Cc1cc(F)cc(C(=O)NC2CCNC2)c1[N+](=O)[O-].Cl. The molecule has 1 aliphatic heterocycles. The number of aryl methyl sites for hydroxylation is 1. The van der Waals surface area contributed by atoms with Crippen LogP contribution in [0, 0.1) is 22.9 Å². The topological polar surface area (TPSA) is 84.3 Å². The lowest BCUT2D eigenvalue weighted by Gasteiger charge is -2.12. The highest BCUT2D eigenvalue weighted by atomic mass is 35.5. The summed E-state index contributed by atoms with van der Waals surface area (Å²) in [6, 6.07) is 1.88. The number of amides is 1. The Morgan fingerprint density at radius 3 is 2.80 bits per heavy atom. The minimum Gasteiger partial charge on any atom is -0.348 e. The van der Waals surface area contributed by atoms with Gasteiger partial charge in [0.15, 0.2) is 0 Å². The monoisotopic (exact) mass is 303 g/mol. The number of benzene rings is 1. The highest BCUT2D eigenvalue weighted by molar-refractivity contribution is 5.98. The molecule has 0 radical (unpaired) electrons. The minimum absolute atomic E-state index is 0. The predicted octanol–water partition coefficient (Wildman–Crippen LogP) is 1.56. The second-order valence-electron chi connectivity index (χ2n) is 4.54. The number of hydrogen-bond acceptors (Lipinski definition) is 4. The molecule has 110 valence electrons. The lowest BCUT2D eigenvalue weighted by molar-refractivity contribution is -0.385. The third-order valence-electron chi connectivity index (χ3n) is 3.09. The molecular formula is C12H15ClFN3O3. The standard InChI is InChI=1S/C12H14FN3O3.ClH/c1-7-4-8(13)5-10(11(7)16(18)19)12(17)15-9-2-3-14-6-9;/h4-5,9,14H,2-3,6H2,1H3,(H,15,17);1H. The van der Waals surface area contributed by atoms with Crippen LogP contribution in [0.5, 0.6) is 0 Å². The Bertz CT molecular complexity index is 533. The van der Waals surface area contributed by atoms with Crippen molar-refractivity contribution in [3.8, 4) is 0 Å². The van der Waals surface area contributed by atoms with Crippen LogP contribution in [0.25, 0.3) is 0 Å². The smallest absolute Gasteiger partial charge is 0.285 e. The molecule has 0 saturated carbocycles. The number of halogens is 2. The third kappa shape index (κ3) is 3.43. The molecule has 1 saturated heterocycles. The highest BCUT2D eigenvalue weighted by Crippen LogP contribution is 2.24. The first kappa shape index (κ1) is 16.3. The molecule has 1 heterocycles. The average molecular weight is 304 g/mol. The maximum Gasteiger partial charge on any atom is 0.285 e. The van der Waals surface area contributed by atoms with E-state index in [2.05, 4.69) is 10.6 Å². The van der Waals surface area contributed by atoms with Gasteiger partial charge in [-0.2, -0.15) is 0 Å². The zero-order chi connectivity index (χ0) is 14.0. The Morgan fingerprint density at radius 1 is 1.55 bits per heavy atom. The molecule has 0 bridgehead atoms. The molecule has 1 aromatic carbocycles. The Kier molecular flexibility index (Phi) is 5.41. The Labute approximate surface area is 121 Å². The Hall–Kier alpha value is -1.73. The van der Waals surface area contributed by atoms with E-state index in [4.69, 9.17) is 0 Å². The quantitative estimate of drug-likeness (QED) is 0.655. The van der Waals surface area contributed by atoms with Crippen LogP contribution in [0.1, 0.15) is 22.3 Å². The summed E-state index contributed by atoms with van der Waals surface area (Å²) in [5, 5.41) is 16.7. The van der Waals surface area contributed by atoms with Gasteiger partial charge in [-0.15, -0.1) is 12.4 Å². The summed E-state index contributed by atoms with van der Waals surface area (Å²) >= 11 is 0. The van der Waals surface area contributed by atoms with Crippen molar-refractivity contribution in [2.75, 3.05) is 13.1 Å². The maximum absolute atomic E-state index is 13.3. The van der Waals surface area contributed by atoms with Crippen molar-refractivity contribution in [3.05, 3.63) is 39.2 Å². The number of rotatable bonds is 3. The molecular weight excluding hydrogens is 289 g/mol. The van der Waals surface area contributed by atoms with E-state index in [1.165, 1.54) is 6.92 Å². The van der Waals surface area contributed by atoms with E-state index in [1.807, 2.05) is 0 Å². The number of nitrogens with one attached hydrogen (secondary N) is 2. The van der Waals surface area contributed by atoms with Gasteiger partial charge >= 0.3 is 0 Å². The van der Waals surface area contributed by atoms with Crippen molar-refractivity contribution in [2.45, 2.75) is 19.4 Å². The van der Waals surface area contributed by atoms with Crippen LogP contribution in [0.3, 0.4) is 0 Å². The van der Waals surface area contributed by atoms with Gasteiger partial charge in [-0.3, -0.25) is 14.9 Å². The predicted molar refractivity (Wildman–Crippen MR) is 73.8 cm³/mol. The second-order valence-corrected chi connectivity index (χ2v) is 4.54. The zero-order valence-electron chi connectivity index (χ0n) is 10.8. The Balaban J connectivity index is 0.00000200. The van der Waals surface area contributed by atoms with Gasteiger partial charge in [-0.05, 0) is 32.0 Å². The van der Waals surface area contributed by atoms with Crippen LogP contribution in [0.15, 0.2) is 12.1 Å². The summed E-state index contributed by atoms with van der Waals surface area (Å²) in [5.41, 5.74) is -0.432. The number of nitro benzene ring substituents is 1. The van der Waals surface area contributed by atoms with E-state index in [0.717, 1.165) is 25.1 Å². The molecule has 2 N–H and O–H groups in total. The van der Waals surface area contributed by atoms with Crippen LogP contribution in [-0.4, -0.2) is 30.0 Å². The van der Waals surface area contributed by atoms with Crippen LogP contribution < -0.4 is 10.6 Å². The van der Waals surface area contributed by atoms with Crippen molar-refractivity contribution in [3.63, 3.8) is 0 Å². The summed E-state index contributed by atoms with van der Waals surface area (Å²) in [7, 11) is 0. The van der Waals surface area contributed by atoms with Gasteiger partial charge in [0.25, 0.3) is 11.6 Å². The molecule has 1 atom stereocenters. The lowest BCUT2D eigenvalue weighted by Crippen LogP contribution is -2.36. The maximum atomic E-state index is 13.3. The molecule has 1 aromatic rings. The van der Waals surface area contributed by atoms with Gasteiger partial charge in [0.1, 0.15) is 11.4 Å². The number of carbonyl (C=O) groups is 1. The van der Waals surface area contributed by atoms with Crippen LogP contribution in [0.4, 0.5) is 10.1 Å². The first-order valence-electron chi connectivity index (χ1n) is 5.95. The van der Waals surface area contributed by atoms with Crippen LogP contribution in [-0.2, 0) is 0 Å². The number of nitrogens with zero attached hydrogens (tertiary/aromatic N) is 1. The van der Waals surface area contributed by atoms with Gasteiger partial charge in [-0.1, -0.05) is 0 Å². The molecule has 2 rings (SSSR count). The van der Waals surface area contributed by atoms with Crippen molar-refractivity contribution in [1.29, 1.82) is 0 Å².